The van der Waals surface area contributed by atoms with Crippen LogP contribution in [0.2, 0.25) is 0 Å². The van der Waals surface area contributed by atoms with E-state index in [-0.39, 0.29) is 8.96 Å². The van der Waals surface area contributed by atoms with E-state index in [1.165, 1.54) is 5.56 Å². The molecule has 1 atom stereocenters. The normalized spacial score (nSPS) is 11.7. The second kappa shape index (κ2) is 11.3. The Morgan fingerprint density at radius 3 is 2.84 bits per heavy atom. The standard InChI is InChI=1S/C12H19NO4P2/c1-11-4-3-5-12(10-11)17-19-13-18-16-9-8-15-7-6-14-2/h3-5,10,18H,6-9H2,1-2H3. The zero-order valence-electron chi connectivity index (χ0n) is 11.2. The van der Waals surface area contributed by atoms with Gasteiger partial charge in [0.1, 0.15) is 14.7 Å². The smallest absolute Gasteiger partial charge is 0.248 e. The fourth-order valence-corrected chi connectivity index (χ4v) is 2.09. The summed E-state index contributed by atoms with van der Waals surface area (Å²) >= 11 is 0. The van der Waals surface area contributed by atoms with Gasteiger partial charge in [0.05, 0.1) is 26.4 Å². The van der Waals surface area contributed by atoms with Crippen LogP contribution < -0.4 is 4.52 Å². The van der Waals surface area contributed by atoms with Gasteiger partial charge in [0.25, 0.3) is 0 Å². The van der Waals surface area contributed by atoms with Crippen molar-refractivity contribution in [3.8, 4) is 5.75 Å². The predicted octanol–water partition coefficient (Wildman–Crippen LogP) is 3.61. The first-order chi connectivity index (χ1) is 9.33. The Balaban J connectivity index is 1.99. The van der Waals surface area contributed by atoms with E-state index in [2.05, 4.69) is 4.52 Å². The van der Waals surface area contributed by atoms with Crippen LogP contribution in [0.5, 0.6) is 5.75 Å². The zero-order valence-corrected chi connectivity index (χ0v) is 13.1. The summed E-state index contributed by atoms with van der Waals surface area (Å²) in [6.45, 7) is 4.31. The molecule has 0 aliphatic rings. The van der Waals surface area contributed by atoms with E-state index in [0.29, 0.717) is 35.0 Å². The first kappa shape index (κ1) is 16.5. The van der Waals surface area contributed by atoms with Crippen LogP contribution in [0.15, 0.2) is 28.8 Å². The summed E-state index contributed by atoms with van der Waals surface area (Å²) in [4.78, 5) is 0. The maximum Gasteiger partial charge on any atom is 0.248 e. The van der Waals surface area contributed by atoms with Crippen molar-refractivity contribution in [1.82, 2.24) is 0 Å². The number of rotatable bonds is 10. The van der Waals surface area contributed by atoms with Gasteiger partial charge < -0.3 is 18.5 Å². The average molecular weight is 303 g/mol. The molecule has 0 saturated heterocycles. The first-order valence-electron chi connectivity index (χ1n) is 5.90. The van der Waals surface area contributed by atoms with Gasteiger partial charge in [-0.05, 0) is 24.6 Å². The number of aryl methyl sites for hydroxylation is 1. The van der Waals surface area contributed by atoms with Crippen LogP contribution in [0, 0.1) is 6.92 Å². The van der Waals surface area contributed by atoms with E-state index in [1.54, 1.807) is 7.11 Å². The highest BCUT2D eigenvalue weighted by atomic mass is 31.1. The van der Waals surface area contributed by atoms with E-state index in [9.17, 15) is 0 Å². The third-order valence-corrected chi connectivity index (χ3v) is 3.32. The summed E-state index contributed by atoms with van der Waals surface area (Å²) in [5.41, 5.74) is 1.17. The molecule has 1 aromatic carbocycles. The van der Waals surface area contributed by atoms with Gasteiger partial charge in [0, 0.05) is 7.11 Å². The summed E-state index contributed by atoms with van der Waals surface area (Å²) in [6.07, 6.45) is 0. The molecule has 0 aromatic heterocycles. The van der Waals surface area contributed by atoms with E-state index in [0.717, 1.165) is 5.75 Å². The highest BCUT2D eigenvalue weighted by molar-refractivity contribution is 7.39. The predicted molar refractivity (Wildman–Crippen MR) is 78.1 cm³/mol. The lowest BCUT2D eigenvalue weighted by atomic mass is 10.2. The minimum Gasteiger partial charge on any atom is -0.423 e. The molecule has 1 rings (SSSR count). The van der Waals surface area contributed by atoms with Crippen molar-refractivity contribution in [3.63, 3.8) is 0 Å². The Hall–Kier alpha value is -0.570. The van der Waals surface area contributed by atoms with Crippen molar-refractivity contribution in [3.05, 3.63) is 29.8 Å². The molecule has 1 aromatic rings. The number of methoxy groups -OCH3 is 1. The Morgan fingerprint density at radius 1 is 1.21 bits per heavy atom. The topological polar surface area (TPSA) is 49.3 Å². The minimum atomic E-state index is 0.0698. The summed E-state index contributed by atoms with van der Waals surface area (Å²) in [5, 5.41) is 0. The number of benzene rings is 1. The molecule has 0 amide bonds. The monoisotopic (exact) mass is 303 g/mol. The van der Waals surface area contributed by atoms with Crippen molar-refractivity contribution in [2.45, 2.75) is 6.92 Å². The minimum absolute atomic E-state index is 0.0698. The molecule has 106 valence electrons. The lowest BCUT2D eigenvalue weighted by molar-refractivity contribution is 0.0569. The van der Waals surface area contributed by atoms with Crippen LogP contribution in [0.3, 0.4) is 0 Å². The molecule has 0 heterocycles. The largest absolute Gasteiger partial charge is 0.423 e. The van der Waals surface area contributed by atoms with Crippen molar-refractivity contribution < 1.29 is 18.5 Å². The molecule has 1 unspecified atom stereocenters. The van der Waals surface area contributed by atoms with Crippen molar-refractivity contribution in [1.29, 1.82) is 0 Å². The van der Waals surface area contributed by atoms with Gasteiger partial charge in [-0.3, -0.25) is 0 Å². The average Bonchev–Trinajstić information content (AvgIpc) is 2.41. The maximum atomic E-state index is 5.43. The highest BCUT2D eigenvalue weighted by Gasteiger charge is 1.92. The van der Waals surface area contributed by atoms with Crippen LogP contribution in [0.1, 0.15) is 5.56 Å². The molecular weight excluding hydrogens is 284 g/mol. The van der Waals surface area contributed by atoms with Gasteiger partial charge in [-0.1, -0.05) is 12.1 Å². The molecule has 0 fully saturated rings. The van der Waals surface area contributed by atoms with Crippen molar-refractivity contribution in [2.24, 2.45) is 4.52 Å². The summed E-state index contributed by atoms with van der Waals surface area (Å²) in [6, 6.07) is 7.85. The molecule has 5 nitrogen and oxygen atoms in total. The second-order valence-electron chi connectivity index (χ2n) is 3.63. The van der Waals surface area contributed by atoms with Crippen LogP contribution in [-0.4, -0.2) is 33.5 Å². The van der Waals surface area contributed by atoms with Crippen molar-refractivity contribution in [2.75, 3.05) is 33.5 Å². The van der Waals surface area contributed by atoms with Gasteiger partial charge in [0.2, 0.25) is 8.60 Å². The molecule has 0 aliphatic heterocycles. The van der Waals surface area contributed by atoms with Gasteiger partial charge >= 0.3 is 0 Å². The number of ether oxygens (including phenoxy) is 2. The molecule has 19 heavy (non-hydrogen) atoms. The molecule has 0 radical (unpaired) electrons. The van der Waals surface area contributed by atoms with Crippen LogP contribution >= 0.6 is 17.6 Å². The molecule has 0 bridgehead atoms. The third kappa shape index (κ3) is 9.04. The molecule has 0 spiro atoms. The van der Waals surface area contributed by atoms with Crippen LogP contribution in [-0.2, 0) is 14.0 Å². The first-order valence-corrected chi connectivity index (χ1v) is 7.52. The Kier molecular flexibility index (Phi) is 9.78. The maximum absolute atomic E-state index is 5.43. The Morgan fingerprint density at radius 2 is 2.05 bits per heavy atom. The molecule has 0 saturated carbocycles. The molecule has 0 N–H and O–H groups in total. The Bertz CT molecular complexity index is 377. The molecule has 0 aliphatic carbocycles. The quantitative estimate of drug-likeness (QED) is 0.489. The number of hydrogen-bond donors (Lipinski definition) is 0. The van der Waals surface area contributed by atoms with Crippen LogP contribution in [0.25, 0.3) is 0 Å². The number of hydrogen-bond acceptors (Lipinski definition) is 5. The van der Waals surface area contributed by atoms with Gasteiger partial charge in [-0.25, -0.2) is 0 Å². The summed E-state index contributed by atoms with van der Waals surface area (Å²) in [5.74, 6) is 0.818. The fourth-order valence-electron chi connectivity index (χ4n) is 1.18. The third-order valence-electron chi connectivity index (χ3n) is 2.04. The zero-order chi connectivity index (χ0) is 13.8. The lowest BCUT2D eigenvalue weighted by Crippen LogP contribution is -2.05. The van der Waals surface area contributed by atoms with Gasteiger partial charge in [-0.2, -0.15) is 4.52 Å². The van der Waals surface area contributed by atoms with Crippen molar-refractivity contribution >= 4 is 17.6 Å². The van der Waals surface area contributed by atoms with E-state index in [1.807, 2.05) is 31.2 Å². The van der Waals surface area contributed by atoms with E-state index in [4.69, 9.17) is 18.5 Å². The van der Waals surface area contributed by atoms with Crippen LogP contribution in [0.4, 0.5) is 0 Å². The van der Waals surface area contributed by atoms with E-state index < -0.39 is 0 Å². The summed E-state index contributed by atoms with van der Waals surface area (Å²) < 4.78 is 24.9. The highest BCUT2D eigenvalue weighted by Crippen LogP contribution is 2.23. The second-order valence-corrected chi connectivity index (χ2v) is 5.25. The summed E-state index contributed by atoms with van der Waals surface area (Å²) in [7, 11) is 2.27. The molecular formula is C12H19NO4P2. The number of nitrogens with zero attached hydrogens (tertiary/aromatic N) is 1. The van der Waals surface area contributed by atoms with Gasteiger partial charge in [-0.15, -0.1) is 0 Å². The SMILES string of the molecule is COCCOCCOPN=POc1cccc(C)c1. The molecule has 7 heteroatoms. The van der Waals surface area contributed by atoms with E-state index >= 15 is 0 Å². The van der Waals surface area contributed by atoms with Gasteiger partial charge in [0.15, 0.2) is 0 Å². The Labute approximate surface area is 117 Å². The fraction of sp³-hybridized carbons (Fsp3) is 0.500. The lowest BCUT2D eigenvalue weighted by Gasteiger charge is -2.02.